The molecule has 0 aromatic rings. The van der Waals surface area contributed by atoms with Crippen molar-refractivity contribution in [3.05, 3.63) is 12.7 Å². The molecule has 0 spiro atoms. The van der Waals surface area contributed by atoms with Gasteiger partial charge in [0.05, 0.1) is 6.54 Å². The Morgan fingerprint density at radius 2 is 2.07 bits per heavy atom. The smallest absolute Gasteiger partial charge is 0.432 e. The first kappa shape index (κ1) is 12.5. The van der Waals surface area contributed by atoms with Gasteiger partial charge < -0.3 is 14.4 Å². The van der Waals surface area contributed by atoms with E-state index in [1.807, 2.05) is 0 Å². The van der Waals surface area contributed by atoms with Crippen molar-refractivity contribution < 1.29 is 19.1 Å². The van der Waals surface area contributed by atoms with Crippen molar-refractivity contribution >= 4 is 12.1 Å². The van der Waals surface area contributed by atoms with Gasteiger partial charge in [0.25, 0.3) is 0 Å². The number of hydrogen-bond acceptors (Lipinski definition) is 4. The van der Waals surface area contributed by atoms with E-state index in [9.17, 15) is 9.59 Å². The molecular weight excluding hydrogens is 186 g/mol. The summed E-state index contributed by atoms with van der Waals surface area (Å²) in [5.41, 5.74) is 0. The molecule has 0 saturated carbocycles. The van der Waals surface area contributed by atoms with E-state index in [4.69, 9.17) is 0 Å². The molecule has 0 atom stereocenters. The Bertz CT molecular complexity index is 215. The lowest BCUT2D eigenvalue weighted by Gasteiger charge is -2.13. The molecule has 1 amide bonds. The summed E-state index contributed by atoms with van der Waals surface area (Å²) in [4.78, 5) is 22.9. The zero-order valence-corrected chi connectivity index (χ0v) is 8.49. The molecule has 0 fully saturated rings. The number of amides is 1. The number of rotatable bonds is 5. The molecule has 0 N–H and O–H groups in total. The van der Waals surface area contributed by atoms with E-state index >= 15 is 0 Å². The summed E-state index contributed by atoms with van der Waals surface area (Å²) in [6.07, 6.45) is 0.699. The summed E-state index contributed by atoms with van der Waals surface area (Å²) >= 11 is 0. The van der Waals surface area contributed by atoms with Gasteiger partial charge in [0.2, 0.25) is 5.91 Å². The van der Waals surface area contributed by atoms with E-state index in [2.05, 4.69) is 16.1 Å². The molecule has 0 aliphatic carbocycles. The Kier molecular flexibility index (Phi) is 6.19. The van der Waals surface area contributed by atoms with Gasteiger partial charge in [-0.15, -0.1) is 0 Å². The highest BCUT2D eigenvalue weighted by Gasteiger charge is 2.05. The van der Waals surface area contributed by atoms with Crippen LogP contribution in [0.1, 0.15) is 6.92 Å². The molecule has 5 heteroatoms. The lowest BCUT2D eigenvalue weighted by Crippen LogP contribution is -2.28. The highest BCUT2D eigenvalue weighted by Crippen LogP contribution is 1.88. The average Bonchev–Trinajstić information content (AvgIpc) is 2.14. The molecule has 0 saturated heterocycles. The van der Waals surface area contributed by atoms with Gasteiger partial charge in [-0.1, -0.05) is 12.7 Å². The Morgan fingerprint density at radius 3 is 2.57 bits per heavy atom. The van der Waals surface area contributed by atoms with Crippen LogP contribution in [0.4, 0.5) is 4.79 Å². The van der Waals surface area contributed by atoms with Gasteiger partial charge in [-0.25, -0.2) is 4.79 Å². The standard InChI is InChI=1S/C9H15NO4/c1-4-6-13-9(12)14-7-5-10(3)8(2)11/h4H,1,5-7H2,2-3H3. The summed E-state index contributed by atoms with van der Waals surface area (Å²) in [6, 6.07) is 0. The van der Waals surface area contributed by atoms with Crippen LogP contribution in [0.15, 0.2) is 12.7 Å². The zero-order chi connectivity index (χ0) is 11.0. The van der Waals surface area contributed by atoms with Gasteiger partial charge in [0.1, 0.15) is 13.2 Å². The van der Waals surface area contributed by atoms with Gasteiger partial charge >= 0.3 is 6.16 Å². The molecule has 80 valence electrons. The first-order chi connectivity index (χ1) is 6.57. The average molecular weight is 201 g/mol. The molecule has 5 nitrogen and oxygen atoms in total. The van der Waals surface area contributed by atoms with Crippen molar-refractivity contribution in [2.45, 2.75) is 6.92 Å². The minimum atomic E-state index is -0.748. The second-order valence-electron chi connectivity index (χ2n) is 2.64. The van der Waals surface area contributed by atoms with Crippen LogP contribution in [0.25, 0.3) is 0 Å². The van der Waals surface area contributed by atoms with Crippen LogP contribution in [-0.2, 0) is 14.3 Å². The van der Waals surface area contributed by atoms with Crippen LogP contribution in [0.3, 0.4) is 0 Å². The first-order valence-electron chi connectivity index (χ1n) is 4.20. The van der Waals surface area contributed by atoms with Crippen LogP contribution in [-0.4, -0.2) is 43.8 Å². The number of hydrogen-bond donors (Lipinski definition) is 0. The summed E-state index contributed by atoms with van der Waals surface area (Å²) in [5.74, 6) is -0.0759. The maximum absolute atomic E-state index is 10.8. The maximum atomic E-state index is 10.8. The van der Waals surface area contributed by atoms with Crippen molar-refractivity contribution in [2.24, 2.45) is 0 Å². The number of carbonyl (C=O) groups is 2. The molecule has 0 aromatic heterocycles. The van der Waals surface area contributed by atoms with E-state index in [1.54, 1.807) is 7.05 Å². The fourth-order valence-corrected chi connectivity index (χ4v) is 0.592. The Morgan fingerprint density at radius 1 is 1.43 bits per heavy atom. The first-order valence-corrected chi connectivity index (χ1v) is 4.20. The zero-order valence-electron chi connectivity index (χ0n) is 8.49. The highest BCUT2D eigenvalue weighted by molar-refractivity contribution is 5.72. The molecule has 0 aliphatic rings. The van der Waals surface area contributed by atoms with Crippen molar-refractivity contribution in [3.8, 4) is 0 Å². The molecule has 0 aromatic carbocycles. The van der Waals surface area contributed by atoms with E-state index in [0.29, 0.717) is 6.54 Å². The summed E-state index contributed by atoms with van der Waals surface area (Å²) in [7, 11) is 1.63. The second-order valence-corrected chi connectivity index (χ2v) is 2.64. The molecule has 0 unspecified atom stereocenters. The van der Waals surface area contributed by atoms with E-state index in [-0.39, 0.29) is 19.1 Å². The van der Waals surface area contributed by atoms with Gasteiger partial charge in [-0.3, -0.25) is 4.79 Å². The number of likely N-dealkylation sites (N-methyl/N-ethyl adjacent to an activating group) is 1. The van der Waals surface area contributed by atoms with Crippen molar-refractivity contribution in [2.75, 3.05) is 26.8 Å². The number of ether oxygens (including phenoxy) is 2. The van der Waals surface area contributed by atoms with Crippen LogP contribution < -0.4 is 0 Å². The van der Waals surface area contributed by atoms with Crippen LogP contribution in [0.5, 0.6) is 0 Å². The Balaban J connectivity index is 3.48. The topological polar surface area (TPSA) is 55.8 Å². The minimum absolute atomic E-state index is 0.0759. The van der Waals surface area contributed by atoms with Crippen LogP contribution in [0, 0.1) is 0 Å². The van der Waals surface area contributed by atoms with Gasteiger partial charge in [0, 0.05) is 14.0 Å². The molecule has 14 heavy (non-hydrogen) atoms. The van der Waals surface area contributed by atoms with Crippen molar-refractivity contribution in [3.63, 3.8) is 0 Å². The molecule has 0 aliphatic heterocycles. The third-order valence-corrected chi connectivity index (χ3v) is 1.50. The van der Waals surface area contributed by atoms with Crippen LogP contribution in [0.2, 0.25) is 0 Å². The lowest BCUT2D eigenvalue weighted by molar-refractivity contribution is -0.128. The number of carbonyl (C=O) groups excluding carboxylic acids is 2. The maximum Gasteiger partial charge on any atom is 0.508 e. The fourth-order valence-electron chi connectivity index (χ4n) is 0.592. The molecule has 0 radical (unpaired) electrons. The predicted octanol–water partition coefficient (Wildman–Crippen LogP) is 0.804. The van der Waals surface area contributed by atoms with Gasteiger partial charge in [0.15, 0.2) is 0 Å². The third kappa shape index (κ3) is 6.05. The van der Waals surface area contributed by atoms with E-state index < -0.39 is 6.16 Å². The fraction of sp³-hybridized carbons (Fsp3) is 0.556. The van der Waals surface area contributed by atoms with E-state index in [0.717, 1.165) is 0 Å². The quantitative estimate of drug-likeness (QED) is 0.487. The number of nitrogens with zero attached hydrogens (tertiary/aromatic N) is 1. The summed E-state index contributed by atoms with van der Waals surface area (Å²) in [6.45, 7) is 5.44. The second kappa shape index (κ2) is 6.94. The van der Waals surface area contributed by atoms with Crippen molar-refractivity contribution in [1.29, 1.82) is 0 Å². The SMILES string of the molecule is C=CCOC(=O)OCCN(C)C(C)=O. The van der Waals surface area contributed by atoms with Crippen LogP contribution >= 0.6 is 0 Å². The lowest BCUT2D eigenvalue weighted by atomic mass is 10.5. The normalized spacial score (nSPS) is 9.00. The Hall–Kier alpha value is -1.52. The van der Waals surface area contributed by atoms with Gasteiger partial charge in [-0.2, -0.15) is 0 Å². The predicted molar refractivity (Wildman–Crippen MR) is 50.8 cm³/mol. The summed E-state index contributed by atoms with van der Waals surface area (Å²) in [5, 5.41) is 0. The van der Waals surface area contributed by atoms with E-state index in [1.165, 1.54) is 17.9 Å². The monoisotopic (exact) mass is 201 g/mol. The Labute approximate surface area is 83.3 Å². The molecular formula is C9H15NO4. The largest absolute Gasteiger partial charge is 0.508 e. The molecule has 0 rings (SSSR count). The summed E-state index contributed by atoms with van der Waals surface area (Å²) < 4.78 is 9.21. The van der Waals surface area contributed by atoms with Crippen molar-refractivity contribution in [1.82, 2.24) is 4.90 Å². The minimum Gasteiger partial charge on any atom is -0.432 e. The molecule has 0 heterocycles. The third-order valence-electron chi connectivity index (χ3n) is 1.50. The highest BCUT2D eigenvalue weighted by atomic mass is 16.7. The molecule has 0 bridgehead atoms. The van der Waals surface area contributed by atoms with Gasteiger partial charge in [-0.05, 0) is 0 Å².